The van der Waals surface area contributed by atoms with Gasteiger partial charge in [-0.1, -0.05) is 17.7 Å². The predicted octanol–water partition coefficient (Wildman–Crippen LogP) is 2.95. The maximum Gasteiger partial charge on any atom is 0.151 e. The molecule has 0 radical (unpaired) electrons. The van der Waals surface area contributed by atoms with Crippen molar-refractivity contribution >= 4 is 23.1 Å². The quantitative estimate of drug-likeness (QED) is 0.824. The van der Waals surface area contributed by atoms with E-state index < -0.39 is 0 Å². The zero-order chi connectivity index (χ0) is 16.1. The Morgan fingerprint density at radius 1 is 1.22 bits per heavy atom. The largest absolute Gasteiger partial charge is 0.396 e. The van der Waals surface area contributed by atoms with Crippen molar-refractivity contribution in [2.45, 2.75) is 19.4 Å². The van der Waals surface area contributed by atoms with Crippen LogP contribution in [0.3, 0.4) is 0 Å². The molecule has 0 atom stereocenters. The van der Waals surface area contributed by atoms with Crippen molar-refractivity contribution in [3.8, 4) is 0 Å². The first kappa shape index (κ1) is 16.0. The Balaban J connectivity index is 1.67. The molecule has 2 N–H and O–H groups in total. The summed E-state index contributed by atoms with van der Waals surface area (Å²) in [6, 6.07) is 7.74. The molecule has 0 amide bonds. The fourth-order valence-corrected chi connectivity index (χ4v) is 2.93. The average molecular weight is 333 g/mol. The molecule has 0 aromatic carbocycles. The number of aliphatic hydroxyl groups is 1. The molecule has 5 nitrogen and oxygen atoms in total. The molecule has 0 bridgehead atoms. The van der Waals surface area contributed by atoms with Crippen LogP contribution in [0.5, 0.6) is 0 Å². The number of pyridine rings is 2. The first-order valence-electron chi connectivity index (χ1n) is 7.91. The maximum absolute atomic E-state index is 9.27. The second-order valence-electron chi connectivity index (χ2n) is 5.83. The number of aliphatic hydroxyl groups excluding tert-OH is 1. The van der Waals surface area contributed by atoms with Crippen LogP contribution in [0.1, 0.15) is 18.4 Å². The summed E-state index contributed by atoms with van der Waals surface area (Å²) in [7, 11) is 0. The molecule has 0 aliphatic carbocycles. The molecule has 2 aromatic rings. The number of aromatic nitrogens is 2. The number of rotatable bonds is 5. The van der Waals surface area contributed by atoms with Crippen LogP contribution in [0.4, 0.5) is 11.5 Å². The lowest BCUT2D eigenvalue weighted by Gasteiger charge is -2.33. The lowest BCUT2D eigenvalue weighted by molar-refractivity contribution is 0.203. The van der Waals surface area contributed by atoms with Crippen molar-refractivity contribution in [3.05, 3.63) is 47.4 Å². The zero-order valence-electron chi connectivity index (χ0n) is 13.0. The second-order valence-corrected chi connectivity index (χ2v) is 6.22. The Hall–Kier alpha value is -1.85. The molecule has 6 heteroatoms. The highest BCUT2D eigenvalue weighted by Crippen LogP contribution is 2.27. The summed E-state index contributed by atoms with van der Waals surface area (Å²) >= 11 is 5.81. The number of anilines is 2. The van der Waals surface area contributed by atoms with E-state index in [-0.39, 0.29) is 6.61 Å². The summed E-state index contributed by atoms with van der Waals surface area (Å²) in [4.78, 5) is 10.9. The molecule has 3 rings (SSSR count). The van der Waals surface area contributed by atoms with Gasteiger partial charge in [-0.05, 0) is 42.5 Å². The molecular formula is C17H21ClN4O. The van der Waals surface area contributed by atoms with Gasteiger partial charge >= 0.3 is 0 Å². The van der Waals surface area contributed by atoms with Gasteiger partial charge in [-0.25, -0.2) is 9.97 Å². The van der Waals surface area contributed by atoms with E-state index in [2.05, 4.69) is 20.2 Å². The highest BCUT2D eigenvalue weighted by molar-refractivity contribution is 6.29. The average Bonchev–Trinajstić information content (AvgIpc) is 2.62. The van der Waals surface area contributed by atoms with Crippen LogP contribution >= 0.6 is 11.6 Å². The minimum Gasteiger partial charge on any atom is -0.396 e. The summed E-state index contributed by atoms with van der Waals surface area (Å²) in [6.45, 7) is 2.82. The Morgan fingerprint density at radius 3 is 2.74 bits per heavy atom. The van der Waals surface area contributed by atoms with Crippen LogP contribution in [0.2, 0.25) is 5.15 Å². The van der Waals surface area contributed by atoms with Gasteiger partial charge in [0, 0.05) is 38.6 Å². The van der Waals surface area contributed by atoms with Crippen LogP contribution in [-0.2, 0) is 6.54 Å². The van der Waals surface area contributed by atoms with Gasteiger partial charge in [0.25, 0.3) is 0 Å². The summed E-state index contributed by atoms with van der Waals surface area (Å²) in [5, 5.41) is 13.2. The van der Waals surface area contributed by atoms with Crippen molar-refractivity contribution in [1.82, 2.24) is 9.97 Å². The third-order valence-electron chi connectivity index (χ3n) is 4.23. The van der Waals surface area contributed by atoms with Crippen LogP contribution < -0.4 is 10.2 Å². The molecule has 0 unspecified atom stereocenters. The van der Waals surface area contributed by atoms with Crippen molar-refractivity contribution in [1.29, 1.82) is 0 Å². The molecule has 1 fully saturated rings. The summed E-state index contributed by atoms with van der Waals surface area (Å²) in [5.74, 6) is 1.40. The Morgan fingerprint density at radius 2 is 2.04 bits per heavy atom. The van der Waals surface area contributed by atoms with Gasteiger partial charge in [0.1, 0.15) is 5.15 Å². The summed E-state index contributed by atoms with van der Waals surface area (Å²) in [5.41, 5.74) is 2.09. The number of piperidine rings is 1. The first-order valence-corrected chi connectivity index (χ1v) is 8.29. The van der Waals surface area contributed by atoms with Gasteiger partial charge in [-0.2, -0.15) is 0 Å². The molecule has 122 valence electrons. The fraction of sp³-hybridized carbons (Fsp3) is 0.412. The zero-order valence-corrected chi connectivity index (χ0v) is 13.7. The third kappa shape index (κ3) is 4.12. The van der Waals surface area contributed by atoms with Gasteiger partial charge < -0.3 is 15.3 Å². The first-order chi connectivity index (χ1) is 11.3. The minimum atomic E-state index is 0.282. The maximum atomic E-state index is 9.27. The van der Waals surface area contributed by atoms with Gasteiger partial charge in [-0.15, -0.1) is 0 Å². The monoisotopic (exact) mass is 332 g/mol. The summed E-state index contributed by atoms with van der Waals surface area (Å²) < 4.78 is 0. The Labute approximate surface area is 141 Å². The Kier molecular flexibility index (Phi) is 5.31. The fourth-order valence-electron chi connectivity index (χ4n) is 2.82. The SMILES string of the molecule is OCC1CCN(c2ncccc2NCc2ccc(Cl)nc2)CC1. The van der Waals surface area contributed by atoms with E-state index in [9.17, 15) is 5.11 Å². The van der Waals surface area contributed by atoms with E-state index in [1.165, 1.54) is 0 Å². The molecule has 0 saturated carbocycles. The highest BCUT2D eigenvalue weighted by Gasteiger charge is 2.21. The van der Waals surface area contributed by atoms with Crippen molar-refractivity contribution in [2.24, 2.45) is 5.92 Å². The van der Waals surface area contributed by atoms with Crippen LogP contribution in [0, 0.1) is 5.92 Å². The Bertz CT molecular complexity index is 627. The van der Waals surface area contributed by atoms with Crippen LogP contribution in [-0.4, -0.2) is 34.8 Å². The molecule has 1 saturated heterocycles. The van der Waals surface area contributed by atoms with E-state index in [4.69, 9.17) is 11.6 Å². The predicted molar refractivity (Wildman–Crippen MR) is 92.8 cm³/mol. The van der Waals surface area contributed by atoms with Crippen molar-refractivity contribution < 1.29 is 5.11 Å². The number of halogens is 1. The summed E-state index contributed by atoms with van der Waals surface area (Å²) in [6.07, 6.45) is 5.61. The van der Waals surface area contributed by atoms with Gasteiger partial charge in [0.2, 0.25) is 0 Å². The van der Waals surface area contributed by atoms with E-state index in [1.54, 1.807) is 12.3 Å². The second kappa shape index (κ2) is 7.62. The molecule has 23 heavy (non-hydrogen) atoms. The third-order valence-corrected chi connectivity index (χ3v) is 4.45. The molecule has 0 spiro atoms. The number of hydrogen-bond donors (Lipinski definition) is 2. The lowest BCUT2D eigenvalue weighted by Crippen LogP contribution is -2.35. The molecule has 1 aliphatic rings. The molecular weight excluding hydrogens is 312 g/mol. The normalized spacial score (nSPS) is 15.7. The van der Waals surface area contributed by atoms with Crippen molar-refractivity contribution in [3.63, 3.8) is 0 Å². The minimum absolute atomic E-state index is 0.282. The molecule has 3 heterocycles. The smallest absolute Gasteiger partial charge is 0.151 e. The van der Waals surface area contributed by atoms with Gasteiger partial charge in [0.15, 0.2) is 5.82 Å². The molecule has 2 aromatic heterocycles. The molecule has 1 aliphatic heterocycles. The van der Waals surface area contributed by atoms with Gasteiger partial charge in [0.05, 0.1) is 5.69 Å². The standard InChI is InChI=1S/C17H21ClN4O/c18-16-4-3-14(11-21-16)10-20-15-2-1-7-19-17(15)22-8-5-13(12-23)6-9-22/h1-4,7,11,13,20,23H,5-6,8-10,12H2. The van der Waals surface area contributed by atoms with Crippen LogP contribution in [0.15, 0.2) is 36.7 Å². The van der Waals surface area contributed by atoms with Gasteiger partial charge in [-0.3, -0.25) is 0 Å². The van der Waals surface area contributed by atoms with E-state index in [0.717, 1.165) is 43.0 Å². The van der Waals surface area contributed by atoms with E-state index in [0.29, 0.717) is 17.6 Å². The van der Waals surface area contributed by atoms with Crippen molar-refractivity contribution in [2.75, 3.05) is 29.9 Å². The number of hydrogen-bond acceptors (Lipinski definition) is 5. The van der Waals surface area contributed by atoms with E-state index in [1.807, 2.05) is 24.4 Å². The van der Waals surface area contributed by atoms with Crippen LogP contribution in [0.25, 0.3) is 0 Å². The number of nitrogens with one attached hydrogen (secondary N) is 1. The highest BCUT2D eigenvalue weighted by atomic mass is 35.5. The number of nitrogens with zero attached hydrogens (tertiary/aromatic N) is 3. The lowest BCUT2D eigenvalue weighted by atomic mass is 9.98. The topological polar surface area (TPSA) is 61.3 Å². The van der Waals surface area contributed by atoms with E-state index >= 15 is 0 Å².